The van der Waals surface area contributed by atoms with Crippen molar-refractivity contribution < 1.29 is 13.6 Å². The van der Waals surface area contributed by atoms with Crippen LogP contribution in [0.2, 0.25) is 0 Å². The summed E-state index contributed by atoms with van der Waals surface area (Å²) in [4.78, 5) is 14.5. The number of furan rings is 1. The molecule has 1 N–H and O–H groups in total. The number of fused-ring (bicyclic) bond motifs is 1. The first-order chi connectivity index (χ1) is 10.0. The van der Waals surface area contributed by atoms with E-state index in [1.807, 2.05) is 5.01 Å². The molecule has 1 aliphatic heterocycles. The zero-order valence-electron chi connectivity index (χ0n) is 12.1. The normalized spacial score (nSPS) is 17.3. The Morgan fingerprint density at radius 1 is 1.29 bits per heavy atom. The number of benzene rings is 1. The average Bonchev–Trinajstić information content (AvgIpc) is 2.79. The molecule has 0 unspecified atom stereocenters. The van der Waals surface area contributed by atoms with Gasteiger partial charge in [0.15, 0.2) is 5.76 Å². The van der Waals surface area contributed by atoms with Gasteiger partial charge in [-0.15, -0.1) is 0 Å². The first-order valence-electron chi connectivity index (χ1n) is 6.98. The van der Waals surface area contributed by atoms with Crippen molar-refractivity contribution in [3.63, 3.8) is 0 Å². The second-order valence-corrected chi connectivity index (χ2v) is 5.43. The van der Waals surface area contributed by atoms with E-state index in [1.165, 1.54) is 12.1 Å². The molecule has 0 aliphatic carbocycles. The van der Waals surface area contributed by atoms with Gasteiger partial charge in [0.25, 0.3) is 0 Å². The summed E-state index contributed by atoms with van der Waals surface area (Å²) in [7, 11) is 2.05. The van der Waals surface area contributed by atoms with E-state index in [0.29, 0.717) is 16.5 Å². The molecule has 5 nitrogen and oxygen atoms in total. The lowest BCUT2D eigenvalue weighted by atomic mass is 10.1. The molecule has 112 valence electrons. The number of hydrogen-bond acceptors (Lipinski definition) is 4. The molecule has 1 aromatic heterocycles. The van der Waals surface area contributed by atoms with Gasteiger partial charge in [0, 0.05) is 37.1 Å². The van der Waals surface area contributed by atoms with Crippen molar-refractivity contribution in [2.45, 2.75) is 6.92 Å². The predicted molar refractivity (Wildman–Crippen MR) is 77.4 cm³/mol. The number of piperazine rings is 1. The van der Waals surface area contributed by atoms with Crippen molar-refractivity contribution in [2.75, 3.05) is 33.2 Å². The fraction of sp³-hybridized carbons (Fsp3) is 0.400. The monoisotopic (exact) mass is 291 g/mol. The van der Waals surface area contributed by atoms with Gasteiger partial charge >= 0.3 is 5.91 Å². The summed E-state index contributed by atoms with van der Waals surface area (Å²) < 4.78 is 18.8. The number of nitrogens with one attached hydrogen (secondary N) is 1. The minimum absolute atomic E-state index is 0.245. The highest BCUT2D eigenvalue weighted by Gasteiger charge is 2.21. The molecule has 21 heavy (non-hydrogen) atoms. The van der Waals surface area contributed by atoms with E-state index >= 15 is 0 Å². The maximum Gasteiger partial charge on any atom is 0.301 e. The lowest BCUT2D eigenvalue weighted by Gasteiger charge is -2.32. The molecular weight excluding hydrogens is 273 g/mol. The molecule has 0 atom stereocenters. The number of hydrazine groups is 1. The third kappa shape index (κ3) is 2.77. The lowest BCUT2D eigenvalue weighted by Crippen LogP contribution is -2.52. The number of nitrogens with zero attached hydrogens (tertiary/aromatic N) is 2. The fourth-order valence-electron chi connectivity index (χ4n) is 2.52. The molecule has 2 heterocycles. The molecule has 2 aromatic rings. The van der Waals surface area contributed by atoms with Crippen LogP contribution in [0.5, 0.6) is 0 Å². The molecule has 1 amide bonds. The Labute approximate surface area is 122 Å². The van der Waals surface area contributed by atoms with Crippen molar-refractivity contribution in [1.29, 1.82) is 0 Å². The van der Waals surface area contributed by atoms with Gasteiger partial charge in [0.2, 0.25) is 0 Å². The molecule has 0 bridgehead atoms. The maximum atomic E-state index is 13.3. The van der Waals surface area contributed by atoms with Crippen LogP contribution in [-0.2, 0) is 0 Å². The minimum Gasteiger partial charge on any atom is -0.451 e. The molecule has 0 radical (unpaired) electrons. The Kier molecular flexibility index (Phi) is 3.65. The van der Waals surface area contributed by atoms with Crippen molar-refractivity contribution in [3.8, 4) is 0 Å². The number of carbonyl (C=O) groups excluding carboxylic acids is 1. The summed E-state index contributed by atoms with van der Waals surface area (Å²) in [5.74, 6) is -0.374. The van der Waals surface area contributed by atoms with Gasteiger partial charge in [-0.1, -0.05) is 0 Å². The van der Waals surface area contributed by atoms with Crippen LogP contribution in [0.25, 0.3) is 11.0 Å². The van der Waals surface area contributed by atoms with Gasteiger partial charge in [0.1, 0.15) is 11.4 Å². The van der Waals surface area contributed by atoms with Gasteiger partial charge in [0.05, 0.1) is 0 Å². The summed E-state index contributed by atoms with van der Waals surface area (Å²) in [6.45, 7) is 5.13. The largest absolute Gasteiger partial charge is 0.451 e. The van der Waals surface area contributed by atoms with Crippen molar-refractivity contribution in [3.05, 3.63) is 35.3 Å². The van der Waals surface area contributed by atoms with Crippen LogP contribution >= 0.6 is 0 Å². The van der Waals surface area contributed by atoms with Crippen LogP contribution in [0.4, 0.5) is 4.39 Å². The summed E-state index contributed by atoms with van der Waals surface area (Å²) in [6.07, 6.45) is 0. The van der Waals surface area contributed by atoms with E-state index in [4.69, 9.17) is 4.42 Å². The van der Waals surface area contributed by atoms with Crippen molar-refractivity contribution in [2.24, 2.45) is 0 Å². The lowest BCUT2D eigenvalue weighted by molar-refractivity contribution is 0.0638. The topological polar surface area (TPSA) is 48.7 Å². The first kappa shape index (κ1) is 14.0. The predicted octanol–water partition coefficient (Wildman–Crippen LogP) is 1.77. The zero-order chi connectivity index (χ0) is 15.0. The van der Waals surface area contributed by atoms with Crippen LogP contribution in [0.15, 0.2) is 22.6 Å². The molecule has 1 fully saturated rings. The molecule has 1 aliphatic rings. The number of halogens is 1. The summed E-state index contributed by atoms with van der Waals surface area (Å²) in [5, 5.41) is 2.52. The average molecular weight is 291 g/mol. The Hall–Kier alpha value is -1.92. The molecule has 6 heteroatoms. The van der Waals surface area contributed by atoms with Gasteiger partial charge in [-0.3, -0.25) is 10.2 Å². The molecule has 1 saturated heterocycles. The molecular formula is C15H18FN3O2. The van der Waals surface area contributed by atoms with E-state index in [0.717, 1.165) is 26.2 Å². The van der Waals surface area contributed by atoms with Gasteiger partial charge in [-0.25, -0.2) is 9.40 Å². The van der Waals surface area contributed by atoms with Gasteiger partial charge in [-0.05, 0) is 32.2 Å². The Bertz CT molecular complexity index is 675. The highest BCUT2D eigenvalue weighted by Crippen LogP contribution is 2.25. The van der Waals surface area contributed by atoms with Crippen LogP contribution in [0.1, 0.15) is 16.1 Å². The molecule has 0 spiro atoms. The second kappa shape index (κ2) is 5.46. The molecule has 1 aromatic carbocycles. The third-order valence-corrected chi connectivity index (χ3v) is 3.87. The van der Waals surface area contributed by atoms with E-state index < -0.39 is 0 Å². The Morgan fingerprint density at radius 2 is 2.00 bits per heavy atom. The number of carbonyl (C=O) groups is 1. The standard InChI is InChI=1S/C15H18FN3O2/c1-10-12-9-11(16)3-4-13(12)21-14(10)15(20)17-19-7-5-18(2)6-8-19/h3-4,9H,5-8H2,1-2H3,(H,17,20). The Balaban J connectivity index is 1.80. The highest BCUT2D eigenvalue weighted by atomic mass is 19.1. The molecule has 3 rings (SSSR count). The molecule has 0 saturated carbocycles. The minimum atomic E-state index is -0.336. The van der Waals surface area contributed by atoms with Crippen LogP contribution < -0.4 is 5.43 Å². The van der Waals surface area contributed by atoms with Crippen LogP contribution in [-0.4, -0.2) is 49.0 Å². The number of likely N-dealkylation sites (N-methyl/N-ethyl adjacent to an activating group) is 1. The number of rotatable bonds is 2. The maximum absolute atomic E-state index is 13.3. The second-order valence-electron chi connectivity index (χ2n) is 5.43. The quantitative estimate of drug-likeness (QED) is 0.916. The van der Waals surface area contributed by atoms with E-state index in [9.17, 15) is 9.18 Å². The number of aryl methyl sites for hydroxylation is 1. The zero-order valence-corrected chi connectivity index (χ0v) is 12.1. The third-order valence-electron chi connectivity index (χ3n) is 3.87. The fourth-order valence-corrected chi connectivity index (χ4v) is 2.52. The number of hydrogen-bond donors (Lipinski definition) is 1. The van der Waals surface area contributed by atoms with E-state index in [1.54, 1.807) is 13.0 Å². The summed E-state index contributed by atoms with van der Waals surface area (Å²) in [5.41, 5.74) is 4.04. The number of amides is 1. The smallest absolute Gasteiger partial charge is 0.301 e. The van der Waals surface area contributed by atoms with E-state index in [-0.39, 0.29) is 17.5 Å². The summed E-state index contributed by atoms with van der Waals surface area (Å²) in [6, 6.07) is 4.26. The van der Waals surface area contributed by atoms with Crippen LogP contribution in [0.3, 0.4) is 0 Å². The van der Waals surface area contributed by atoms with Crippen molar-refractivity contribution in [1.82, 2.24) is 15.3 Å². The SMILES string of the molecule is Cc1c(C(=O)NN2CCN(C)CC2)oc2ccc(F)cc12. The van der Waals surface area contributed by atoms with E-state index in [2.05, 4.69) is 17.4 Å². The van der Waals surface area contributed by atoms with Gasteiger partial charge < -0.3 is 9.32 Å². The summed E-state index contributed by atoms with van der Waals surface area (Å²) >= 11 is 0. The Morgan fingerprint density at radius 3 is 2.71 bits per heavy atom. The highest BCUT2D eigenvalue weighted by molar-refractivity contribution is 5.98. The van der Waals surface area contributed by atoms with Crippen LogP contribution in [0, 0.1) is 12.7 Å². The van der Waals surface area contributed by atoms with Crippen molar-refractivity contribution >= 4 is 16.9 Å². The van der Waals surface area contributed by atoms with Gasteiger partial charge in [-0.2, -0.15) is 0 Å². The first-order valence-corrected chi connectivity index (χ1v) is 6.98.